The smallest absolute Gasteiger partial charge is 0.255 e. The Morgan fingerprint density at radius 2 is 1.87 bits per heavy atom. The van der Waals surface area contributed by atoms with Crippen LogP contribution in [0.25, 0.3) is 11.0 Å². The molecule has 0 saturated heterocycles. The minimum absolute atomic E-state index is 0.136. The highest BCUT2D eigenvalue weighted by Crippen LogP contribution is 2.40. The van der Waals surface area contributed by atoms with Gasteiger partial charge >= 0.3 is 0 Å². The van der Waals surface area contributed by atoms with Gasteiger partial charge in [0.1, 0.15) is 5.75 Å². The number of carbonyl (C=O) groups excluding carboxylic acids is 1. The van der Waals surface area contributed by atoms with E-state index in [1.54, 1.807) is 42.5 Å². The summed E-state index contributed by atoms with van der Waals surface area (Å²) in [4.78, 5) is 18.2. The Kier molecular flexibility index (Phi) is 4.64. The molecule has 0 fully saturated rings. The molecule has 2 heterocycles. The quantitative estimate of drug-likeness (QED) is 0.411. The lowest BCUT2D eigenvalue weighted by Crippen LogP contribution is -2.30. The molecule has 4 aromatic rings. The number of fused-ring (bicyclic) bond motifs is 3. The van der Waals surface area contributed by atoms with E-state index in [2.05, 4.69) is 10.6 Å². The van der Waals surface area contributed by atoms with Crippen molar-refractivity contribution in [2.75, 3.05) is 10.6 Å². The van der Waals surface area contributed by atoms with Crippen LogP contribution in [0.2, 0.25) is 5.02 Å². The normalized spacial score (nSPS) is 15.5. The summed E-state index contributed by atoms with van der Waals surface area (Å²) < 4.78 is 1.99. The van der Waals surface area contributed by atoms with Crippen LogP contribution in [0.4, 0.5) is 11.6 Å². The number of anilines is 2. The maximum absolute atomic E-state index is 13.5. The molecule has 6 nitrogen and oxygen atoms in total. The second-order valence-corrected chi connectivity index (χ2v) is 7.85. The lowest BCUT2D eigenvalue weighted by atomic mass is 9.94. The maximum Gasteiger partial charge on any atom is 0.255 e. The van der Waals surface area contributed by atoms with Crippen molar-refractivity contribution in [3.8, 4) is 5.75 Å². The Labute approximate surface area is 183 Å². The van der Waals surface area contributed by atoms with Crippen molar-refractivity contribution in [3.05, 3.63) is 94.7 Å². The third kappa shape index (κ3) is 3.41. The first kappa shape index (κ1) is 19.2. The number of para-hydroxylation sites is 2. The summed E-state index contributed by atoms with van der Waals surface area (Å²) in [5.41, 5.74) is 4.38. The summed E-state index contributed by atoms with van der Waals surface area (Å²) in [5, 5.41) is 17.0. The molecule has 1 atom stereocenters. The molecule has 154 valence electrons. The van der Waals surface area contributed by atoms with Gasteiger partial charge in [-0.3, -0.25) is 9.36 Å². The van der Waals surface area contributed by atoms with E-state index in [4.69, 9.17) is 16.6 Å². The van der Waals surface area contributed by atoms with Gasteiger partial charge in [0, 0.05) is 16.4 Å². The van der Waals surface area contributed by atoms with Crippen LogP contribution in [0.5, 0.6) is 5.75 Å². The Bertz CT molecular complexity index is 1340. The standard InChI is InChI=1S/C24H19ClN4O2/c1-14-21(23(31)27-17-11-9-16(25)10-12-17)22(15-5-4-6-18(30)13-15)29-20-8-3-2-7-19(20)28-24(29)26-14/h2-13,22,30H,1H3,(H,26,28)(H,27,31)/t22-/m0/s1. The number of rotatable bonds is 3. The van der Waals surface area contributed by atoms with Crippen LogP contribution in [-0.2, 0) is 4.79 Å². The summed E-state index contributed by atoms with van der Waals surface area (Å²) in [6, 6.07) is 21.2. The Hall–Kier alpha value is -3.77. The number of phenols is 1. The van der Waals surface area contributed by atoms with Crippen LogP contribution in [0.1, 0.15) is 18.5 Å². The summed E-state index contributed by atoms with van der Waals surface area (Å²) >= 11 is 5.97. The molecule has 0 radical (unpaired) electrons. The van der Waals surface area contributed by atoms with Crippen molar-refractivity contribution in [1.29, 1.82) is 0 Å². The van der Waals surface area contributed by atoms with Crippen LogP contribution in [0.15, 0.2) is 84.1 Å². The first-order valence-electron chi connectivity index (χ1n) is 9.82. The second kappa shape index (κ2) is 7.49. The van der Waals surface area contributed by atoms with Crippen LogP contribution in [0.3, 0.4) is 0 Å². The van der Waals surface area contributed by atoms with Gasteiger partial charge in [-0.25, -0.2) is 4.98 Å². The maximum atomic E-state index is 13.5. The molecule has 31 heavy (non-hydrogen) atoms. The zero-order chi connectivity index (χ0) is 21.5. The summed E-state index contributed by atoms with van der Waals surface area (Å²) in [7, 11) is 0. The Morgan fingerprint density at radius 3 is 2.65 bits per heavy atom. The monoisotopic (exact) mass is 430 g/mol. The number of allylic oxidation sites excluding steroid dienone is 1. The number of hydrogen-bond donors (Lipinski definition) is 3. The van der Waals surface area contributed by atoms with Gasteiger partial charge < -0.3 is 15.7 Å². The van der Waals surface area contributed by atoms with E-state index >= 15 is 0 Å². The topological polar surface area (TPSA) is 79.2 Å². The highest BCUT2D eigenvalue weighted by Gasteiger charge is 2.34. The van der Waals surface area contributed by atoms with E-state index in [1.165, 1.54) is 0 Å². The SMILES string of the molecule is CC1=C(C(=O)Nc2ccc(Cl)cc2)[C@H](c2cccc(O)c2)n2c(nc3ccccc32)N1. The fraction of sp³-hybridized carbons (Fsp3) is 0.0833. The molecule has 3 aromatic carbocycles. The number of imidazole rings is 1. The van der Waals surface area contributed by atoms with Gasteiger partial charge in [0.2, 0.25) is 5.95 Å². The largest absolute Gasteiger partial charge is 0.508 e. The number of amides is 1. The molecule has 3 N–H and O–H groups in total. The van der Waals surface area contributed by atoms with Crippen molar-refractivity contribution in [1.82, 2.24) is 9.55 Å². The first-order chi connectivity index (χ1) is 15.0. The molecule has 0 unspecified atom stereocenters. The van der Waals surface area contributed by atoms with Crippen LogP contribution < -0.4 is 10.6 Å². The lowest BCUT2D eigenvalue weighted by molar-refractivity contribution is -0.113. The van der Waals surface area contributed by atoms with Crippen LogP contribution in [0, 0.1) is 0 Å². The molecule has 0 spiro atoms. The molecule has 5 rings (SSSR count). The third-order valence-electron chi connectivity index (χ3n) is 5.36. The molecule has 1 aromatic heterocycles. The number of hydrogen-bond acceptors (Lipinski definition) is 4. The van der Waals surface area contributed by atoms with E-state index in [0.717, 1.165) is 16.6 Å². The van der Waals surface area contributed by atoms with E-state index in [-0.39, 0.29) is 11.7 Å². The molecule has 1 amide bonds. The highest BCUT2D eigenvalue weighted by atomic mass is 35.5. The van der Waals surface area contributed by atoms with E-state index in [9.17, 15) is 9.90 Å². The highest BCUT2D eigenvalue weighted by molar-refractivity contribution is 6.30. The predicted molar refractivity (Wildman–Crippen MR) is 122 cm³/mol. The minimum atomic E-state index is -0.469. The van der Waals surface area contributed by atoms with E-state index in [0.29, 0.717) is 27.9 Å². The van der Waals surface area contributed by atoms with Crippen molar-refractivity contribution in [2.45, 2.75) is 13.0 Å². The number of benzene rings is 3. The van der Waals surface area contributed by atoms with Crippen molar-refractivity contribution < 1.29 is 9.90 Å². The molecule has 0 saturated carbocycles. The molecule has 1 aliphatic rings. The third-order valence-corrected chi connectivity index (χ3v) is 5.62. The summed E-state index contributed by atoms with van der Waals surface area (Å²) in [6.07, 6.45) is 0. The molecule has 1 aliphatic heterocycles. The van der Waals surface area contributed by atoms with Gasteiger partial charge in [0.15, 0.2) is 0 Å². The number of nitrogens with zero attached hydrogens (tertiary/aromatic N) is 2. The van der Waals surface area contributed by atoms with Crippen molar-refractivity contribution >= 4 is 40.2 Å². The van der Waals surface area contributed by atoms with Gasteiger partial charge in [-0.15, -0.1) is 0 Å². The number of carbonyl (C=O) groups is 1. The van der Waals surface area contributed by atoms with Gasteiger partial charge in [-0.2, -0.15) is 0 Å². The minimum Gasteiger partial charge on any atom is -0.508 e. The second-order valence-electron chi connectivity index (χ2n) is 7.42. The van der Waals surface area contributed by atoms with E-state index in [1.807, 2.05) is 41.8 Å². The Morgan fingerprint density at radius 1 is 1.10 bits per heavy atom. The average Bonchev–Trinajstić information content (AvgIpc) is 3.12. The zero-order valence-electron chi connectivity index (χ0n) is 16.6. The lowest BCUT2D eigenvalue weighted by Gasteiger charge is -2.30. The van der Waals surface area contributed by atoms with Crippen molar-refractivity contribution in [2.24, 2.45) is 0 Å². The molecule has 0 aliphatic carbocycles. The van der Waals surface area contributed by atoms with E-state index < -0.39 is 6.04 Å². The number of nitrogens with one attached hydrogen (secondary N) is 2. The molecular weight excluding hydrogens is 412 g/mol. The molecule has 0 bridgehead atoms. The zero-order valence-corrected chi connectivity index (χ0v) is 17.4. The van der Waals surface area contributed by atoms with Crippen molar-refractivity contribution in [3.63, 3.8) is 0 Å². The fourth-order valence-corrected chi connectivity index (χ4v) is 4.13. The van der Waals surface area contributed by atoms with Gasteiger partial charge in [-0.1, -0.05) is 35.9 Å². The predicted octanol–water partition coefficient (Wildman–Crippen LogP) is 5.32. The summed E-state index contributed by atoms with van der Waals surface area (Å²) in [6.45, 7) is 1.86. The first-order valence-corrected chi connectivity index (χ1v) is 10.2. The number of halogens is 1. The molecule has 7 heteroatoms. The van der Waals surface area contributed by atoms with Crippen LogP contribution >= 0.6 is 11.6 Å². The number of aromatic nitrogens is 2. The molecular formula is C24H19ClN4O2. The van der Waals surface area contributed by atoms with Gasteiger partial charge in [0.05, 0.1) is 22.6 Å². The van der Waals surface area contributed by atoms with Crippen LogP contribution in [-0.4, -0.2) is 20.6 Å². The Balaban J connectivity index is 1.66. The van der Waals surface area contributed by atoms with Gasteiger partial charge in [-0.05, 0) is 61.0 Å². The average molecular weight is 431 g/mol. The fourth-order valence-electron chi connectivity index (χ4n) is 4.00. The van der Waals surface area contributed by atoms with Gasteiger partial charge in [0.25, 0.3) is 5.91 Å². The number of phenolic OH excluding ortho intramolecular Hbond substituents is 1. The number of aromatic hydroxyl groups is 1. The summed E-state index contributed by atoms with van der Waals surface area (Å²) in [5.74, 6) is 0.538.